The Bertz CT molecular complexity index is 263. The molecule has 0 aromatic carbocycles. The second-order valence-corrected chi connectivity index (χ2v) is 4.99. The fourth-order valence-corrected chi connectivity index (χ4v) is 2.92. The fourth-order valence-electron chi connectivity index (χ4n) is 2.92. The van der Waals surface area contributed by atoms with Crippen LogP contribution in [-0.2, 0) is 4.79 Å². The number of nitriles is 1. The second kappa shape index (κ2) is 3.73. The Morgan fingerprint density at radius 2 is 1.93 bits per heavy atom. The molecule has 0 radical (unpaired) electrons. The molecule has 14 heavy (non-hydrogen) atoms. The van der Waals surface area contributed by atoms with Crippen molar-refractivity contribution in [2.75, 3.05) is 0 Å². The molecule has 0 aliphatic heterocycles. The van der Waals surface area contributed by atoms with Gasteiger partial charge in [0, 0.05) is 12.8 Å². The first-order chi connectivity index (χ1) is 6.74. The van der Waals surface area contributed by atoms with Crippen molar-refractivity contribution in [1.82, 2.24) is 0 Å². The van der Waals surface area contributed by atoms with E-state index in [-0.39, 0.29) is 11.2 Å². The first kappa shape index (κ1) is 9.71. The Morgan fingerprint density at radius 1 is 1.29 bits per heavy atom. The quantitative estimate of drug-likeness (QED) is 0.673. The number of carbonyl (C=O) groups is 1. The minimum Gasteiger partial charge on any atom is -0.300 e. The number of nitrogens with zero attached hydrogens (tertiary/aromatic N) is 1. The van der Waals surface area contributed by atoms with E-state index < -0.39 is 0 Å². The SMILES string of the molecule is N#CC1(CC2CCCCC2)CC(=O)C1. The van der Waals surface area contributed by atoms with Crippen LogP contribution in [0.2, 0.25) is 0 Å². The lowest BCUT2D eigenvalue weighted by molar-refractivity contribution is -0.130. The molecule has 0 N–H and O–H groups in total. The van der Waals surface area contributed by atoms with Crippen LogP contribution in [0.15, 0.2) is 0 Å². The van der Waals surface area contributed by atoms with Crippen LogP contribution in [0, 0.1) is 22.7 Å². The summed E-state index contributed by atoms with van der Waals surface area (Å²) in [5, 5.41) is 9.08. The molecule has 0 bridgehead atoms. The lowest BCUT2D eigenvalue weighted by Gasteiger charge is -2.37. The van der Waals surface area contributed by atoms with Crippen molar-refractivity contribution in [2.24, 2.45) is 11.3 Å². The Balaban J connectivity index is 1.89. The average Bonchev–Trinajstić information content (AvgIpc) is 2.16. The molecule has 0 amide bonds. The number of carbonyl (C=O) groups excluding carboxylic acids is 1. The van der Waals surface area contributed by atoms with Gasteiger partial charge < -0.3 is 0 Å². The number of hydrogen-bond acceptors (Lipinski definition) is 2. The van der Waals surface area contributed by atoms with Crippen molar-refractivity contribution < 1.29 is 4.79 Å². The largest absolute Gasteiger partial charge is 0.300 e. The third kappa shape index (κ3) is 1.82. The number of hydrogen-bond donors (Lipinski definition) is 0. The summed E-state index contributed by atoms with van der Waals surface area (Å²) in [5.41, 5.74) is -0.251. The molecular formula is C12H17NO. The van der Waals surface area contributed by atoms with E-state index in [9.17, 15) is 4.79 Å². The zero-order valence-corrected chi connectivity index (χ0v) is 8.59. The molecular weight excluding hydrogens is 174 g/mol. The lowest BCUT2D eigenvalue weighted by atomic mass is 9.63. The van der Waals surface area contributed by atoms with Gasteiger partial charge in [0.25, 0.3) is 0 Å². The van der Waals surface area contributed by atoms with E-state index in [4.69, 9.17) is 5.26 Å². The summed E-state index contributed by atoms with van der Waals surface area (Å²) in [6.45, 7) is 0. The summed E-state index contributed by atoms with van der Waals surface area (Å²) in [6.07, 6.45) is 8.58. The maximum Gasteiger partial charge on any atom is 0.136 e. The normalized spacial score (nSPS) is 26.6. The first-order valence-corrected chi connectivity index (χ1v) is 5.67. The van der Waals surface area contributed by atoms with Crippen molar-refractivity contribution >= 4 is 5.78 Å². The van der Waals surface area contributed by atoms with Gasteiger partial charge in [-0.2, -0.15) is 5.26 Å². The Labute approximate surface area is 85.3 Å². The molecule has 0 aromatic heterocycles. The van der Waals surface area contributed by atoms with Gasteiger partial charge in [-0.3, -0.25) is 4.79 Å². The molecule has 2 heteroatoms. The van der Waals surface area contributed by atoms with E-state index in [1.54, 1.807) is 0 Å². The molecule has 2 fully saturated rings. The number of Topliss-reactive ketones (excluding diaryl/α,β-unsaturated/α-hetero) is 1. The van der Waals surface area contributed by atoms with E-state index in [1.807, 2.05) is 0 Å². The molecule has 2 nitrogen and oxygen atoms in total. The van der Waals surface area contributed by atoms with E-state index in [2.05, 4.69) is 6.07 Å². The van der Waals surface area contributed by atoms with E-state index in [0.29, 0.717) is 12.8 Å². The minimum atomic E-state index is -0.251. The smallest absolute Gasteiger partial charge is 0.136 e. The molecule has 2 saturated carbocycles. The molecule has 0 heterocycles. The highest BCUT2D eigenvalue weighted by atomic mass is 16.1. The van der Waals surface area contributed by atoms with Gasteiger partial charge in [-0.15, -0.1) is 0 Å². The van der Waals surface area contributed by atoms with Gasteiger partial charge in [-0.25, -0.2) is 0 Å². The zero-order chi connectivity index (χ0) is 10.0. The van der Waals surface area contributed by atoms with E-state index in [0.717, 1.165) is 12.3 Å². The van der Waals surface area contributed by atoms with Crippen molar-refractivity contribution in [3.05, 3.63) is 0 Å². The predicted molar refractivity (Wildman–Crippen MR) is 53.5 cm³/mol. The zero-order valence-electron chi connectivity index (χ0n) is 8.59. The Hall–Kier alpha value is -0.840. The Morgan fingerprint density at radius 3 is 2.43 bits per heavy atom. The highest BCUT2D eigenvalue weighted by Crippen LogP contribution is 2.45. The molecule has 0 aromatic rings. The molecule has 76 valence electrons. The van der Waals surface area contributed by atoms with Crippen molar-refractivity contribution in [1.29, 1.82) is 5.26 Å². The standard InChI is InChI=1S/C12H17NO/c13-9-12(7-11(14)8-12)6-10-4-2-1-3-5-10/h10H,1-8H2. The van der Waals surface area contributed by atoms with Crippen LogP contribution < -0.4 is 0 Å². The monoisotopic (exact) mass is 191 g/mol. The fraction of sp³-hybridized carbons (Fsp3) is 0.833. The summed E-state index contributed by atoms with van der Waals surface area (Å²) in [7, 11) is 0. The molecule has 0 atom stereocenters. The molecule has 2 rings (SSSR count). The number of ketones is 1. The molecule has 2 aliphatic rings. The van der Waals surface area contributed by atoms with Crippen LogP contribution in [0.3, 0.4) is 0 Å². The average molecular weight is 191 g/mol. The van der Waals surface area contributed by atoms with Gasteiger partial charge in [0.05, 0.1) is 11.5 Å². The summed E-state index contributed by atoms with van der Waals surface area (Å²) < 4.78 is 0. The highest BCUT2D eigenvalue weighted by molar-refractivity contribution is 5.87. The summed E-state index contributed by atoms with van der Waals surface area (Å²) in [6, 6.07) is 2.37. The summed E-state index contributed by atoms with van der Waals surface area (Å²) in [5.74, 6) is 0.999. The van der Waals surface area contributed by atoms with Crippen molar-refractivity contribution in [3.8, 4) is 6.07 Å². The number of rotatable bonds is 2. The van der Waals surface area contributed by atoms with Gasteiger partial charge in [-0.1, -0.05) is 32.1 Å². The third-order valence-corrected chi connectivity index (χ3v) is 3.71. The van der Waals surface area contributed by atoms with Crippen LogP contribution in [0.1, 0.15) is 51.4 Å². The maximum atomic E-state index is 11.0. The van der Waals surface area contributed by atoms with Crippen molar-refractivity contribution in [3.63, 3.8) is 0 Å². The van der Waals surface area contributed by atoms with E-state index in [1.165, 1.54) is 32.1 Å². The molecule has 2 aliphatic carbocycles. The van der Waals surface area contributed by atoms with Crippen LogP contribution in [-0.4, -0.2) is 5.78 Å². The highest BCUT2D eigenvalue weighted by Gasteiger charge is 2.45. The van der Waals surface area contributed by atoms with E-state index >= 15 is 0 Å². The van der Waals surface area contributed by atoms with Crippen molar-refractivity contribution in [2.45, 2.75) is 51.4 Å². The van der Waals surface area contributed by atoms with Gasteiger partial charge in [0.1, 0.15) is 5.78 Å². The minimum absolute atomic E-state index is 0.251. The predicted octanol–water partition coefficient (Wildman–Crippen LogP) is 2.83. The van der Waals surface area contributed by atoms with Gasteiger partial charge >= 0.3 is 0 Å². The van der Waals surface area contributed by atoms with Crippen LogP contribution in [0.4, 0.5) is 0 Å². The molecule has 0 unspecified atom stereocenters. The van der Waals surface area contributed by atoms with Crippen LogP contribution in [0.5, 0.6) is 0 Å². The summed E-state index contributed by atoms with van der Waals surface area (Å²) in [4.78, 5) is 11.0. The lowest BCUT2D eigenvalue weighted by Crippen LogP contribution is -2.38. The first-order valence-electron chi connectivity index (χ1n) is 5.67. The molecule has 0 saturated heterocycles. The third-order valence-electron chi connectivity index (χ3n) is 3.71. The second-order valence-electron chi connectivity index (χ2n) is 4.99. The summed E-state index contributed by atoms with van der Waals surface area (Å²) >= 11 is 0. The Kier molecular flexibility index (Phi) is 2.58. The topological polar surface area (TPSA) is 40.9 Å². The molecule has 0 spiro atoms. The van der Waals surface area contributed by atoms with Crippen LogP contribution >= 0.6 is 0 Å². The maximum absolute atomic E-state index is 11.0. The van der Waals surface area contributed by atoms with Gasteiger partial charge in [0.2, 0.25) is 0 Å². The van der Waals surface area contributed by atoms with Crippen LogP contribution in [0.25, 0.3) is 0 Å². The van der Waals surface area contributed by atoms with Gasteiger partial charge in [0.15, 0.2) is 0 Å². The van der Waals surface area contributed by atoms with Gasteiger partial charge in [-0.05, 0) is 12.3 Å².